The molecule has 28 heavy (non-hydrogen) atoms. The molecule has 1 N–H and O–H groups in total. The standard InChI is InChI=1S/C22H25N3O3/c1-14(2)12-23-21(26)18-11-16(4)7-10-19(18)27-13-20-24-25-22(28-20)17-8-5-15(3)6-9-17/h5-11,14H,12-13H2,1-4H3,(H,23,26). The third-order valence-corrected chi connectivity index (χ3v) is 4.17. The number of benzene rings is 2. The van der Waals surface area contributed by atoms with Gasteiger partial charge in [0.2, 0.25) is 5.89 Å². The zero-order valence-electron chi connectivity index (χ0n) is 16.7. The highest BCUT2D eigenvalue weighted by Crippen LogP contribution is 2.23. The summed E-state index contributed by atoms with van der Waals surface area (Å²) in [6, 6.07) is 13.4. The Labute approximate surface area is 164 Å². The molecule has 0 aliphatic carbocycles. The van der Waals surface area contributed by atoms with Crippen LogP contribution in [0.25, 0.3) is 11.5 Å². The van der Waals surface area contributed by atoms with E-state index in [9.17, 15) is 4.79 Å². The van der Waals surface area contributed by atoms with Gasteiger partial charge in [-0.25, -0.2) is 0 Å². The molecule has 6 heteroatoms. The molecule has 0 unspecified atom stereocenters. The second-order valence-electron chi connectivity index (χ2n) is 7.26. The van der Waals surface area contributed by atoms with Crippen molar-refractivity contribution in [2.24, 2.45) is 5.92 Å². The van der Waals surface area contributed by atoms with Crippen LogP contribution in [0.5, 0.6) is 5.75 Å². The van der Waals surface area contributed by atoms with E-state index < -0.39 is 0 Å². The number of aromatic nitrogens is 2. The van der Waals surface area contributed by atoms with Gasteiger partial charge in [0, 0.05) is 12.1 Å². The summed E-state index contributed by atoms with van der Waals surface area (Å²) in [5.41, 5.74) is 3.50. The van der Waals surface area contributed by atoms with E-state index in [0.717, 1.165) is 16.7 Å². The first-order valence-corrected chi connectivity index (χ1v) is 9.33. The van der Waals surface area contributed by atoms with Gasteiger partial charge >= 0.3 is 0 Å². The van der Waals surface area contributed by atoms with Crippen LogP contribution in [0.1, 0.15) is 41.2 Å². The van der Waals surface area contributed by atoms with Gasteiger partial charge in [0.1, 0.15) is 5.75 Å². The Morgan fingerprint density at radius 2 is 1.79 bits per heavy atom. The van der Waals surface area contributed by atoms with Gasteiger partial charge < -0.3 is 14.5 Å². The lowest BCUT2D eigenvalue weighted by molar-refractivity contribution is 0.0943. The van der Waals surface area contributed by atoms with Gasteiger partial charge in [0.05, 0.1) is 5.56 Å². The molecule has 1 amide bonds. The van der Waals surface area contributed by atoms with Crippen molar-refractivity contribution in [3.05, 3.63) is 65.0 Å². The van der Waals surface area contributed by atoms with Crippen molar-refractivity contribution in [2.75, 3.05) is 6.54 Å². The van der Waals surface area contributed by atoms with Crippen molar-refractivity contribution in [3.63, 3.8) is 0 Å². The van der Waals surface area contributed by atoms with E-state index in [-0.39, 0.29) is 12.5 Å². The number of ether oxygens (including phenoxy) is 1. The zero-order valence-corrected chi connectivity index (χ0v) is 16.7. The van der Waals surface area contributed by atoms with Crippen LogP contribution in [0.2, 0.25) is 0 Å². The van der Waals surface area contributed by atoms with E-state index >= 15 is 0 Å². The lowest BCUT2D eigenvalue weighted by Crippen LogP contribution is -2.27. The molecular weight excluding hydrogens is 354 g/mol. The Hall–Kier alpha value is -3.15. The molecule has 0 fully saturated rings. The third kappa shape index (κ3) is 4.97. The lowest BCUT2D eigenvalue weighted by atomic mass is 10.1. The topological polar surface area (TPSA) is 77.2 Å². The van der Waals surface area contributed by atoms with Gasteiger partial charge in [-0.1, -0.05) is 43.2 Å². The first-order chi connectivity index (χ1) is 13.4. The summed E-state index contributed by atoms with van der Waals surface area (Å²) in [5.74, 6) is 1.50. The first kappa shape index (κ1) is 19.6. The largest absolute Gasteiger partial charge is 0.483 e. The SMILES string of the molecule is Cc1ccc(-c2nnc(COc3ccc(C)cc3C(=O)NCC(C)C)o2)cc1. The lowest BCUT2D eigenvalue weighted by Gasteiger charge is -2.12. The highest BCUT2D eigenvalue weighted by Gasteiger charge is 2.15. The molecule has 1 heterocycles. The fraction of sp³-hybridized carbons (Fsp3) is 0.318. The Kier molecular flexibility index (Phi) is 6.09. The molecule has 0 aliphatic rings. The number of hydrogen-bond donors (Lipinski definition) is 1. The molecule has 0 atom stereocenters. The molecule has 2 aromatic carbocycles. The first-order valence-electron chi connectivity index (χ1n) is 9.33. The van der Waals surface area contributed by atoms with Crippen LogP contribution >= 0.6 is 0 Å². The average molecular weight is 379 g/mol. The van der Waals surface area contributed by atoms with E-state index in [1.807, 2.05) is 50.2 Å². The summed E-state index contributed by atoms with van der Waals surface area (Å²) in [5, 5.41) is 11.0. The smallest absolute Gasteiger partial charge is 0.255 e. The fourth-order valence-corrected chi connectivity index (χ4v) is 2.60. The van der Waals surface area contributed by atoms with E-state index in [1.165, 1.54) is 0 Å². The molecule has 146 valence electrons. The minimum absolute atomic E-state index is 0.0897. The van der Waals surface area contributed by atoms with Gasteiger partial charge in [0.15, 0.2) is 6.61 Å². The number of carbonyl (C=O) groups is 1. The molecule has 0 saturated heterocycles. The molecule has 0 spiro atoms. The van der Waals surface area contributed by atoms with Crippen molar-refractivity contribution in [2.45, 2.75) is 34.3 Å². The molecular formula is C22H25N3O3. The highest BCUT2D eigenvalue weighted by molar-refractivity contribution is 5.97. The molecule has 0 radical (unpaired) electrons. The zero-order chi connectivity index (χ0) is 20.1. The van der Waals surface area contributed by atoms with Crippen molar-refractivity contribution in [1.29, 1.82) is 0 Å². The summed E-state index contributed by atoms with van der Waals surface area (Å²) in [4.78, 5) is 12.5. The molecule has 0 bridgehead atoms. The second-order valence-corrected chi connectivity index (χ2v) is 7.26. The number of rotatable bonds is 7. The van der Waals surface area contributed by atoms with Gasteiger partial charge in [0.25, 0.3) is 11.8 Å². The van der Waals surface area contributed by atoms with Gasteiger partial charge in [-0.3, -0.25) is 4.79 Å². The quantitative estimate of drug-likeness (QED) is 0.661. The number of carbonyl (C=O) groups excluding carboxylic acids is 1. The van der Waals surface area contributed by atoms with Crippen LogP contribution in [0, 0.1) is 19.8 Å². The normalized spacial score (nSPS) is 10.9. The maximum absolute atomic E-state index is 12.5. The van der Waals surface area contributed by atoms with Crippen molar-refractivity contribution >= 4 is 5.91 Å². The van der Waals surface area contributed by atoms with E-state index in [0.29, 0.717) is 35.6 Å². The number of amides is 1. The van der Waals surface area contributed by atoms with Gasteiger partial charge in [-0.2, -0.15) is 0 Å². The van der Waals surface area contributed by atoms with Crippen LogP contribution in [-0.4, -0.2) is 22.6 Å². The van der Waals surface area contributed by atoms with Crippen molar-refractivity contribution < 1.29 is 13.9 Å². The summed E-state index contributed by atoms with van der Waals surface area (Å²) >= 11 is 0. The van der Waals surface area contributed by atoms with Crippen LogP contribution in [-0.2, 0) is 6.61 Å². The Morgan fingerprint density at radius 3 is 2.50 bits per heavy atom. The molecule has 3 aromatic rings. The predicted octanol–water partition coefficient (Wildman–Crippen LogP) is 4.32. The molecule has 0 saturated carbocycles. The number of hydrogen-bond acceptors (Lipinski definition) is 5. The van der Waals surface area contributed by atoms with Crippen LogP contribution in [0.4, 0.5) is 0 Å². The minimum Gasteiger partial charge on any atom is -0.483 e. The average Bonchev–Trinajstić information content (AvgIpc) is 3.14. The monoisotopic (exact) mass is 379 g/mol. The summed E-state index contributed by atoms with van der Waals surface area (Å²) < 4.78 is 11.5. The summed E-state index contributed by atoms with van der Waals surface area (Å²) in [7, 11) is 0. The van der Waals surface area contributed by atoms with Crippen LogP contribution in [0.15, 0.2) is 46.9 Å². The Balaban J connectivity index is 1.71. The Morgan fingerprint density at radius 1 is 1.07 bits per heavy atom. The van der Waals surface area contributed by atoms with Crippen LogP contribution < -0.4 is 10.1 Å². The van der Waals surface area contributed by atoms with E-state index in [2.05, 4.69) is 29.4 Å². The number of nitrogens with zero attached hydrogens (tertiary/aromatic N) is 2. The molecule has 3 rings (SSSR count). The van der Waals surface area contributed by atoms with Gasteiger partial charge in [-0.05, 0) is 44.0 Å². The third-order valence-electron chi connectivity index (χ3n) is 4.17. The highest BCUT2D eigenvalue weighted by atomic mass is 16.5. The van der Waals surface area contributed by atoms with Crippen molar-refractivity contribution in [3.8, 4) is 17.2 Å². The maximum Gasteiger partial charge on any atom is 0.255 e. The van der Waals surface area contributed by atoms with E-state index in [1.54, 1.807) is 6.07 Å². The summed E-state index contributed by atoms with van der Waals surface area (Å²) in [6.45, 7) is 8.76. The maximum atomic E-state index is 12.5. The number of aryl methyl sites for hydroxylation is 2. The van der Waals surface area contributed by atoms with Crippen LogP contribution in [0.3, 0.4) is 0 Å². The fourth-order valence-electron chi connectivity index (χ4n) is 2.60. The Bertz CT molecular complexity index is 946. The number of nitrogens with one attached hydrogen (secondary N) is 1. The van der Waals surface area contributed by atoms with Crippen molar-refractivity contribution in [1.82, 2.24) is 15.5 Å². The van der Waals surface area contributed by atoms with Gasteiger partial charge in [-0.15, -0.1) is 10.2 Å². The summed E-state index contributed by atoms with van der Waals surface area (Å²) in [6.07, 6.45) is 0. The van der Waals surface area contributed by atoms with E-state index in [4.69, 9.17) is 9.15 Å². The second kappa shape index (κ2) is 8.69. The minimum atomic E-state index is -0.154. The predicted molar refractivity (Wildman–Crippen MR) is 107 cm³/mol. The molecule has 6 nitrogen and oxygen atoms in total. The molecule has 1 aromatic heterocycles. The molecule has 0 aliphatic heterocycles.